The van der Waals surface area contributed by atoms with Crippen LogP contribution >= 0.6 is 27.3 Å². The highest BCUT2D eigenvalue weighted by Gasteiger charge is 2.16. The van der Waals surface area contributed by atoms with Crippen LogP contribution in [0.2, 0.25) is 0 Å². The van der Waals surface area contributed by atoms with Crippen LogP contribution in [0.3, 0.4) is 0 Å². The van der Waals surface area contributed by atoms with E-state index in [0.29, 0.717) is 15.7 Å². The Bertz CT molecular complexity index is 626. The number of amides is 1. The molecule has 0 bridgehead atoms. The molecule has 0 radical (unpaired) electrons. The Kier molecular flexibility index (Phi) is 4.06. The number of aryl methyl sites for hydroxylation is 1. The molecular formula is C12H13BrN4OS. The van der Waals surface area contributed by atoms with E-state index in [4.69, 9.17) is 5.73 Å². The Hall–Kier alpha value is -1.60. The van der Waals surface area contributed by atoms with Crippen molar-refractivity contribution >= 4 is 49.8 Å². The summed E-state index contributed by atoms with van der Waals surface area (Å²) in [6.07, 6.45) is 0. The molecule has 0 aliphatic rings. The van der Waals surface area contributed by atoms with Crippen LogP contribution < -0.4 is 16.4 Å². The predicted octanol–water partition coefficient (Wildman–Crippen LogP) is 3.09. The van der Waals surface area contributed by atoms with E-state index in [1.807, 2.05) is 25.1 Å². The average molecular weight is 341 g/mol. The van der Waals surface area contributed by atoms with E-state index in [9.17, 15) is 4.79 Å². The second kappa shape index (κ2) is 5.58. The first-order chi connectivity index (χ1) is 9.01. The Morgan fingerprint density at radius 3 is 2.79 bits per heavy atom. The fraction of sp³-hybridized carbons (Fsp3) is 0.167. The molecule has 0 aliphatic carbocycles. The maximum Gasteiger partial charge on any atom is 0.269 e. The zero-order chi connectivity index (χ0) is 14.0. The summed E-state index contributed by atoms with van der Waals surface area (Å²) in [4.78, 5) is 16.6. The topological polar surface area (TPSA) is 80.0 Å². The van der Waals surface area contributed by atoms with Gasteiger partial charge in [0.25, 0.3) is 5.91 Å². The van der Waals surface area contributed by atoms with Gasteiger partial charge in [-0.15, -0.1) is 0 Å². The summed E-state index contributed by atoms with van der Waals surface area (Å²) in [6, 6.07) is 5.70. The minimum atomic E-state index is -0.263. The number of nitrogens with zero attached hydrogens (tertiary/aromatic N) is 1. The van der Waals surface area contributed by atoms with Gasteiger partial charge >= 0.3 is 0 Å². The number of aromatic nitrogens is 1. The standard InChI is InChI=1S/C12H13BrN4OS/c1-6-3-4-8(7(13)5-6)16-11(18)9-10(14)17-12(15-2)19-9/h3-5H,14H2,1-2H3,(H,15,17)(H,16,18). The number of nitrogen functional groups attached to an aromatic ring is 1. The number of anilines is 3. The zero-order valence-electron chi connectivity index (χ0n) is 10.5. The predicted molar refractivity (Wildman–Crippen MR) is 82.9 cm³/mol. The molecule has 1 heterocycles. The molecule has 2 rings (SSSR count). The first-order valence-corrected chi connectivity index (χ1v) is 7.13. The Balaban J connectivity index is 2.23. The Morgan fingerprint density at radius 2 is 2.21 bits per heavy atom. The zero-order valence-corrected chi connectivity index (χ0v) is 12.9. The molecule has 0 fully saturated rings. The van der Waals surface area contributed by atoms with E-state index < -0.39 is 0 Å². The van der Waals surface area contributed by atoms with Crippen molar-refractivity contribution in [2.24, 2.45) is 0 Å². The largest absolute Gasteiger partial charge is 0.382 e. The fourth-order valence-electron chi connectivity index (χ4n) is 1.50. The number of nitrogens with one attached hydrogen (secondary N) is 2. The lowest BCUT2D eigenvalue weighted by Gasteiger charge is -2.07. The van der Waals surface area contributed by atoms with Crippen molar-refractivity contribution in [2.75, 3.05) is 23.4 Å². The van der Waals surface area contributed by atoms with Crippen LogP contribution in [0.5, 0.6) is 0 Å². The Morgan fingerprint density at radius 1 is 1.47 bits per heavy atom. The van der Waals surface area contributed by atoms with Crippen molar-refractivity contribution in [1.29, 1.82) is 0 Å². The normalized spacial score (nSPS) is 10.3. The molecule has 0 saturated heterocycles. The van der Waals surface area contributed by atoms with Crippen LogP contribution in [0.1, 0.15) is 15.2 Å². The summed E-state index contributed by atoms with van der Waals surface area (Å²) < 4.78 is 0.831. The van der Waals surface area contributed by atoms with Gasteiger partial charge < -0.3 is 16.4 Å². The maximum absolute atomic E-state index is 12.1. The smallest absolute Gasteiger partial charge is 0.269 e. The third-order valence-corrected chi connectivity index (χ3v) is 4.19. The van der Waals surface area contributed by atoms with Crippen molar-refractivity contribution in [3.63, 3.8) is 0 Å². The molecule has 0 unspecified atom stereocenters. The van der Waals surface area contributed by atoms with Gasteiger partial charge in [-0.1, -0.05) is 17.4 Å². The van der Waals surface area contributed by atoms with Crippen molar-refractivity contribution in [2.45, 2.75) is 6.92 Å². The molecule has 0 spiro atoms. The van der Waals surface area contributed by atoms with Crippen molar-refractivity contribution in [1.82, 2.24) is 4.98 Å². The molecule has 4 N–H and O–H groups in total. The molecule has 1 amide bonds. The highest BCUT2D eigenvalue weighted by Crippen LogP contribution is 2.28. The number of carbonyl (C=O) groups is 1. The van der Waals surface area contributed by atoms with Crippen molar-refractivity contribution < 1.29 is 4.79 Å². The highest BCUT2D eigenvalue weighted by molar-refractivity contribution is 9.10. The van der Waals surface area contributed by atoms with E-state index in [1.165, 1.54) is 11.3 Å². The van der Waals surface area contributed by atoms with E-state index >= 15 is 0 Å². The van der Waals surface area contributed by atoms with Gasteiger partial charge in [0.15, 0.2) is 5.13 Å². The van der Waals surface area contributed by atoms with Crippen LogP contribution in [-0.2, 0) is 0 Å². The molecule has 0 atom stereocenters. The number of carbonyl (C=O) groups excluding carboxylic acids is 1. The molecule has 19 heavy (non-hydrogen) atoms. The number of halogens is 1. The van der Waals surface area contributed by atoms with Gasteiger partial charge in [0, 0.05) is 11.5 Å². The first-order valence-electron chi connectivity index (χ1n) is 5.53. The number of benzene rings is 1. The van der Waals surface area contributed by atoms with E-state index in [-0.39, 0.29) is 11.7 Å². The van der Waals surface area contributed by atoms with Gasteiger partial charge in [-0.3, -0.25) is 4.79 Å². The van der Waals surface area contributed by atoms with Gasteiger partial charge in [-0.05, 0) is 40.5 Å². The van der Waals surface area contributed by atoms with Gasteiger partial charge in [0.05, 0.1) is 5.69 Å². The lowest BCUT2D eigenvalue weighted by atomic mass is 10.2. The van der Waals surface area contributed by atoms with Gasteiger partial charge in [0.2, 0.25) is 0 Å². The minimum Gasteiger partial charge on any atom is -0.382 e. The molecule has 5 nitrogen and oxygen atoms in total. The van der Waals surface area contributed by atoms with Crippen LogP contribution in [0.25, 0.3) is 0 Å². The third kappa shape index (κ3) is 3.05. The highest BCUT2D eigenvalue weighted by atomic mass is 79.9. The number of thiazole rings is 1. The molecule has 1 aromatic heterocycles. The average Bonchev–Trinajstić information content (AvgIpc) is 2.74. The summed E-state index contributed by atoms with van der Waals surface area (Å²) in [5.41, 5.74) is 7.53. The van der Waals surface area contributed by atoms with Crippen LogP contribution in [0, 0.1) is 6.92 Å². The van der Waals surface area contributed by atoms with E-state index in [2.05, 4.69) is 31.5 Å². The van der Waals surface area contributed by atoms with E-state index in [1.54, 1.807) is 7.05 Å². The molecular weight excluding hydrogens is 328 g/mol. The monoisotopic (exact) mass is 340 g/mol. The molecule has 0 aliphatic heterocycles. The van der Waals surface area contributed by atoms with E-state index in [0.717, 1.165) is 10.0 Å². The van der Waals surface area contributed by atoms with Crippen LogP contribution in [0.4, 0.5) is 16.6 Å². The summed E-state index contributed by atoms with van der Waals surface area (Å²) in [5, 5.41) is 6.29. The number of hydrogen-bond donors (Lipinski definition) is 3. The van der Waals surface area contributed by atoms with Crippen LogP contribution in [-0.4, -0.2) is 17.9 Å². The molecule has 7 heteroatoms. The maximum atomic E-state index is 12.1. The summed E-state index contributed by atoms with van der Waals surface area (Å²) in [7, 11) is 1.73. The Labute approximate surface area is 123 Å². The lowest BCUT2D eigenvalue weighted by molar-refractivity contribution is 0.103. The van der Waals surface area contributed by atoms with Crippen molar-refractivity contribution in [3.05, 3.63) is 33.1 Å². The van der Waals surface area contributed by atoms with Crippen LogP contribution in [0.15, 0.2) is 22.7 Å². The summed E-state index contributed by atoms with van der Waals surface area (Å²) in [6.45, 7) is 1.98. The molecule has 1 aromatic carbocycles. The second-order valence-electron chi connectivity index (χ2n) is 3.92. The minimum absolute atomic E-state index is 0.232. The quantitative estimate of drug-likeness (QED) is 0.801. The fourth-order valence-corrected chi connectivity index (χ4v) is 2.83. The van der Waals surface area contributed by atoms with Gasteiger partial charge in [-0.2, -0.15) is 0 Å². The lowest BCUT2D eigenvalue weighted by Crippen LogP contribution is -2.12. The molecule has 100 valence electrons. The third-order valence-electron chi connectivity index (χ3n) is 2.45. The van der Waals surface area contributed by atoms with Crippen molar-refractivity contribution in [3.8, 4) is 0 Å². The second-order valence-corrected chi connectivity index (χ2v) is 5.77. The molecule has 2 aromatic rings. The number of hydrogen-bond acceptors (Lipinski definition) is 5. The SMILES string of the molecule is CNc1nc(N)c(C(=O)Nc2ccc(C)cc2Br)s1. The van der Waals surface area contributed by atoms with Gasteiger partial charge in [-0.25, -0.2) is 4.98 Å². The van der Waals surface area contributed by atoms with Gasteiger partial charge in [0.1, 0.15) is 10.7 Å². The number of nitrogens with two attached hydrogens (primary N) is 1. The summed E-state index contributed by atoms with van der Waals surface area (Å²) >= 11 is 4.64. The number of rotatable bonds is 3. The summed E-state index contributed by atoms with van der Waals surface area (Å²) in [5.74, 6) is -0.0314. The molecule has 0 saturated carbocycles. The first kappa shape index (κ1) is 13.8.